The maximum Gasteiger partial charge on any atom is 0.225 e. The van der Waals surface area contributed by atoms with Gasteiger partial charge in [-0.1, -0.05) is 6.07 Å². The molecule has 1 aliphatic carbocycles. The molecule has 1 amide bonds. The number of carbonyl (C=O) groups excluding carboxylic acids is 1. The topological polar surface area (TPSA) is 44.8 Å². The van der Waals surface area contributed by atoms with E-state index in [4.69, 9.17) is 4.74 Å². The molecule has 2 aromatic carbocycles. The summed E-state index contributed by atoms with van der Waals surface area (Å²) in [6, 6.07) is 12.9. The number of ether oxygens (including phenoxy) is 1. The summed E-state index contributed by atoms with van der Waals surface area (Å²) in [5.74, 6) is 1.32. The van der Waals surface area contributed by atoms with Crippen LogP contribution in [0, 0.1) is 17.7 Å². The highest BCUT2D eigenvalue weighted by Crippen LogP contribution is 2.39. The van der Waals surface area contributed by atoms with Crippen molar-refractivity contribution in [3.63, 3.8) is 0 Å². The van der Waals surface area contributed by atoms with Crippen LogP contribution in [0.4, 0.5) is 15.8 Å². The van der Waals surface area contributed by atoms with Crippen molar-refractivity contribution in [1.29, 1.82) is 0 Å². The van der Waals surface area contributed by atoms with Crippen molar-refractivity contribution in [2.75, 3.05) is 43.1 Å². The second-order valence-corrected chi connectivity index (χ2v) is 8.68. The minimum absolute atomic E-state index is 0.0719. The summed E-state index contributed by atoms with van der Waals surface area (Å²) in [7, 11) is 1.68. The van der Waals surface area contributed by atoms with Crippen LogP contribution in [0.25, 0.3) is 0 Å². The summed E-state index contributed by atoms with van der Waals surface area (Å²) in [5.41, 5.74) is 3.38. The molecule has 158 valence electrons. The van der Waals surface area contributed by atoms with E-state index >= 15 is 0 Å². The van der Waals surface area contributed by atoms with Crippen LogP contribution in [0.1, 0.15) is 18.4 Å². The van der Waals surface area contributed by atoms with E-state index in [-0.39, 0.29) is 23.7 Å². The predicted molar refractivity (Wildman–Crippen MR) is 116 cm³/mol. The lowest BCUT2D eigenvalue weighted by Gasteiger charge is -2.49. The molecule has 2 aliphatic heterocycles. The van der Waals surface area contributed by atoms with Crippen molar-refractivity contribution in [3.8, 4) is 5.75 Å². The van der Waals surface area contributed by atoms with Crippen LogP contribution in [0.15, 0.2) is 42.5 Å². The number of halogens is 1. The van der Waals surface area contributed by atoms with E-state index in [1.165, 1.54) is 36.2 Å². The first-order valence-electron chi connectivity index (χ1n) is 10.8. The number of rotatable bonds is 5. The standard InChI is InChI=1S/C24H28FN3O2/c1-30-20-9-4-17-12-21(24(29)26-14-16-2-3-16)23-15-27(10-11-28(23)22(17)13-20)19-7-5-18(25)6-8-19/h4-9,13,16,21,23H,2-3,10-12,14-15H2,1H3,(H,26,29)/t21-,23+/m0/s1. The molecule has 0 bridgehead atoms. The summed E-state index contributed by atoms with van der Waals surface area (Å²) in [5, 5.41) is 3.20. The number of amides is 1. The van der Waals surface area contributed by atoms with E-state index in [1.54, 1.807) is 7.11 Å². The minimum atomic E-state index is -0.228. The van der Waals surface area contributed by atoms with Crippen LogP contribution in [0.2, 0.25) is 0 Å². The van der Waals surface area contributed by atoms with Gasteiger partial charge >= 0.3 is 0 Å². The lowest BCUT2D eigenvalue weighted by Crippen LogP contribution is -2.61. The highest BCUT2D eigenvalue weighted by atomic mass is 19.1. The van der Waals surface area contributed by atoms with Crippen LogP contribution in [0.5, 0.6) is 5.75 Å². The molecule has 0 aromatic heterocycles. The third-order valence-electron chi connectivity index (χ3n) is 6.72. The van der Waals surface area contributed by atoms with Gasteiger partial charge in [0.25, 0.3) is 0 Å². The molecule has 1 N–H and O–H groups in total. The smallest absolute Gasteiger partial charge is 0.225 e. The van der Waals surface area contributed by atoms with Gasteiger partial charge in [0.1, 0.15) is 11.6 Å². The fourth-order valence-corrected chi connectivity index (χ4v) is 4.79. The Morgan fingerprint density at radius 3 is 2.70 bits per heavy atom. The number of piperazine rings is 1. The third kappa shape index (κ3) is 3.71. The van der Waals surface area contributed by atoms with E-state index in [2.05, 4.69) is 27.2 Å². The minimum Gasteiger partial charge on any atom is -0.497 e. The van der Waals surface area contributed by atoms with Gasteiger partial charge in [-0.25, -0.2) is 4.39 Å². The quantitative estimate of drug-likeness (QED) is 0.824. The average molecular weight is 410 g/mol. The van der Waals surface area contributed by atoms with Gasteiger partial charge in [-0.05, 0) is 61.1 Å². The number of nitrogens with one attached hydrogen (secondary N) is 1. The Balaban J connectivity index is 1.43. The zero-order chi connectivity index (χ0) is 20.7. The van der Waals surface area contributed by atoms with Gasteiger partial charge in [0.2, 0.25) is 5.91 Å². The van der Waals surface area contributed by atoms with Crippen molar-refractivity contribution >= 4 is 17.3 Å². The highest BCUT2D eigenvalue weighted by Gasteiger charge is 2.42. The van der Waals surface area contributed by atoms with Gasteiger partial charge in [-0.2, -0.15) is 0 Å². The van der Waals surface area contributed by atoms with Gasteiger partial charge in [-0.15, -0.1) is 0 Å². The second kappa shape index (κ2) is 7.82. The molecule has 1 saturated carbocycles. The molecule has 3 aliphatic rings. The van der Waals surface area contributed by atoms with Gasteiger partial charge in [0.05, 0.1) is 19.1 Å². The molecule has 0 spiro atoms. The molecule has 5 rings (SSSR count). The molecule has 30 heavy (non-hydrogen) atoms. The van der Waals surface area contributed by atoms with Crippen LogP contribution in [0.3, 0.4) is 0 Å². The lowest BCUT2D eigenvalue weighted by atomic mass is 9.83. The first-order chi connectivity index (χ1) is 14.6. The molecule has 0 radical (unpaired) electrons. The summed E-state index contributed by atoms with van der Waals surface area (Å²) in [6.07, 6.45) is 3.18. The summed E-state index contributed by atoms with van der Waals surface area (Å²) < 4.78 is 18.8. The Kier molecular flexibility index (Phi) is 5.01. The molecular weight excluding hydrogens is 381 g/mol. The Hall–Kier alpha value is -2.76. The van der Waals surface area contributed by atoms with Gasteiger partial charge in [0.15, 0.2) is 0 Å². The fourth-order valence-electron chi connectivity index (χ4n) is 4.79. The fraction of sp³-hybridized carbons (Fsp3) is 0.458. The molecule has 6 heteroatoms. The van der Waals surface area contributed by atoms with Crippen LogP contribution >= 0.6 is 0 Å². The molecule has 2 aromatic rings. The van der Waals surface area contributed by atoms with E-state index < -0.39 is 0 Å². The Morgan fingerprint density at radius 2 is 1.97 bits per heavy atom. The van der Waals surface area contributed by atoms with Crippen molar-refractivity contribution < 1.29 is 13.9 Å². The largest absolute Gasteiger partial charge is 0.497 e. The van der Waals surface area contributed by atoms with E-state index in [1.807, 2.05) is 18.2 Å². The Morgan fingerprint density at radius 1 is 1.17 bits per heavy atom. The first-order valence-corrected chi connectivity index (χ1v) is 10.8. The number of hydrogen-bond donors (Lipinski definition) is 1. The summed E-state index contributed by atoms with van der Waals surface area (Å²) in [6.45, 7) is 3.17. The number of carbonyl (C=O) groups is 1. The van der Waals surface area contributed by atoms with Crippen LogP contribution in [-0.4, -0.2) is 45.2 Å². The molecule has 0 unspecified atom stereocenters. The number of hydrogen-bond acceptors (Lipinski definition) is 4. The summed E-state index contributed by atoms with van der Waals surface area (Å²) in [4.78, 5) is 17.8. The predicted octanol–water partition coefficient (Wildman–Crippen LogP) is 3.23. The van der Waals surface area contributed by atoms with Gasteiger partial charge < -0.3 is 19.9 Å². The Labute approximate surface area is 176 Å². The SMILES string of the molecule is COc1ccc2c(c1)N1CCN(c3ccc(F)cc3)C[C@@H]1[C@@H](C(=O)NCC1CC1)C2. The summed E-state index contributed by atoms with van der Waals surface area (Å²) >= 11 is 0. The zero-order valence-corrected chi connectivity index (χ0v) is 17.3. The third-order valence-corrected chi connectivity index (χ3v) is 6.72. The van der Waals surface area contributed by atoms with Gasteiger partial charge in [-0.3, -0.25) is 4.79 Å². The normalized spacial score (nSPS) is 22.9. The second-order valence-electron chi connectivity index (χ2n) is 8.68. The average Bonchev–Trinajstić information content (AvgIpc) is 3.61. The van der Waals surface area contributed by atoms with Crippen molar-refractivity contribution in [3.05, 3.63) is 53.8 Å². The Bertz CT molecular complexity index is 929. The number of nitrogens with zero attached hydrogens (tertiary/aromatic N) is 2. The van der Waals surface area contributed by atoms with E-state index in [9.17, 15) is 9.18 Å². The lowest BCUT2D eigenvalue weighted by molar-refractivity contribution is -0.125. The molecule has 2 fully saturated rings. The van der Waals surface area contributed by atoms with Crippen molar-refractivity contribution in [2.45, 2.75) is 25.3 Å². The van der Waals surface area contributed by atoms with Crippen molar-refractivity contribution in [2.24, 2.45) is 11.8 Å². The molecule has 1 saturated heterocycles. The van der Waals surface area contributed by atoms with Crippen LogP contribution < -0.4 is 19.9 Å². The number of fused-ring (bicyclic) bond motifs is 3. The van der Waals surface area contributed by atoms with Gasteiger partial charge in [0, 0.05) is 43.6 Å². The number of methoxy groups -OCH3 is 1. The van der Waals surface area contributed by atoms with Crippen LogP contribution in [-0.2, 0) is 11.2 Å². The first kappa shape index (κ1) is 19.2. The highest BCUT2D eigenvalue weighted by molar-refractivity contribution is 5.82. The molecule has 2 atom stereocenters. The van der Waals surface area contributed by atoms with Crippen molar-refractivity contribution in [1.82, 2.24) is 5.32 Å². The maximum absolute atomic E-state index is 13.4. The number of benzene rings is 2. The van der Waals surface area contributed by atoms with E-state index in [0.717, 1.165) is 44.0 Å². The molecule has 5 nitrogen and oxygen atoms in total. The zero-order valence-electron chi connectivity index (χ0n) is 17.3. The van der Waals surface area contributed by atoms with E-state index in [0.29, 0.717) is 5.92 Å². The monoisotopic (exact) mass is 409 g/mol. The maximum atomic E-state index is 13.4. The molecular formula is C24H28FN3O2. The molecule has 2 heterocycles. The number of anilines is 2.